The predicted molar refractivity (Wildman–Crippen MR) is 74.8 cm³/mol. The molecule has 94 valence electrons. The van der Waals surface area contributed by atoms with Gasteiger partial charge in [0.1, 0.15) is 0 Å². The summed E-state index contributed by atoms with van der Waals surface area (Å²) in [6.07, 6.45) is 2.33. The van der Waals surface area contributed by atoms with E-state index in [2.05, 4.69) is 23.9 Å². The molecule has 3 nitrogen and oxygen atoms in total. The molecule has 1 saturated heterocycles. The third kappa shape index (κ3) is 2.67. The summed E-state index contributed by atoms with van der Waals surface area (Å²) in [6.45, 7) is 2.05. The number of nitrogen functional groups attached to an aromatic ring is 1. The average molecular weight is 254 g/mol. The van der Waals surface area contributed by atoms with Crippen molar-refractivity contribution in [1.82, 2.24) is 4.90 Å². The van der Waals surface area contributed by atoms with Gasteiger partial charge < -0.3 is 15.5 Å². The molecular weight excluding hydrogens is 234 g/mol. The van der Waals surface area contributed by atoms with Crippen LogP contribution in [0.25, 0.3) is 0 Å². The topological polar surface area (TPSA) is 32.5 Å². The number of nitrogens with two attached hydrogens (primary N) is 1. The molecule has 0 saturated carbocycles. The normalized spacial score (nSPS) is 17.8. The molecular formula is C13H20ClN3. The molecule has 0 aromatic heterocycles. The van der Waals surface area contributed by atoms with Crippen molar-refractivity contribution in [2.45, 2.75) is 18.9 Å². The maximum absolute atomic E-state index is 6.23. The monoisotopic (exact) mass is 253 g/mol. The average Bonchev–Trinajstić information content (AvgIpc) is 2.29. The van der Waals surface area contributed by atoms with Gasteiger partial charge in [0.25, 0.3) is 0 Å². The standard InChI is InChI=1S/C13H20ClN3/c1-16(2)10-6-8-17(9-7-10)13-11(14)4-3-5-12(13)15/h3-5,10H,6-9,15H2,1-2H3. The highest BCUT2D eigenvalue weighted by Crippen LogP contribution is 2.33. The van der Waals surface area contributed by atoms with Crippen molar-refractivity contribution in [2.75, 3.05) is 37.8 Å². The molecule has 0 bridgehead atoms. The van der Waals surface area contributed by atoms with Gasteiger partial charge in [0.05, 0.1) is 16.4 Å². The van der Waals surface area contributed by atoms with Crippen molar-refractivity contribution in [2.24, 2.45) is 0 Å². The van der Waals surface area contributed by atoms with E-state index in [1.165, 1.54) is 0 Å². The van der Waals surface area contributed by atoms with Crippen LogP contribution >= 0.6 is 11.6 Å². The van der Waals surface area contributed by atoms with E-state index in [9.17, 15) is 0 Å². The van der Waals surface area contributed by atoms with E-state index in [-0.39, 0.29) is 0 Å². The van der Waals surface area contributed by atoms with Gasteiger partial charge in [0, 0.05) is 19.1 Å². The lowest BCUT2D eigenvalue weighted by Crippen LogP contribution is -2.42. The van der Waals surface area contributed by atoms with Crippen molar-refractivity contribution in [3.05, 3.63) is 23.2 Å². The summed E-state index contributed by atoms with van der Waals surface area (Å²) in [5, 5.41) is 0.758. The van der Waals surface area contributed by atoms with E-state index >= 15 is 0 Å². The predicted octanol–water partition coefficient (Wildman–Crippen LogP) is 2.45. The third-order valence-corrected chi connectivity index (χ3v) is 3.83. The first kappa shape index (κ1) is 12.5. The van der Waals surface area contributed by atoms with Gasteiger partial charge in [0.15, 0.2) is 0 Å². The highest BCUT2D eigenvalue weighted by Gasteiger charge is 2.23. The molecule has 0 radical (unpaired) electrons. The molecule has 2 N–H and O–H groups in total. The Labute approximate surface area is 108 Å². The fourth-order valence-electron chi connectivity index (χ4n) is 2.47. The molecule has 1 heterocycles. The van der Waals surface area contributed by atoms with Crippen LogP contribution in [0.2, 0.25) is 5.02 Å². The largest absolute Gasteiger partial charge is 0.397 e. The summed E-state index contributed by atoms with van der Waals surface area (Å²) in [5.41, 5.74) is 7.79. The second-order valence-corrected chi connectivity index (χ2v) is 5.27. The zero-order valence-electron chi connectivity index (χ0n) is 10.5. The zero-order chi connectivity index (χ0) is 12.4. The van der Waals surface area contributed by atoms with Crippen molar-refractivity contribution in [1.29, 1.82) is 0 Å². The van der Waals surface area contributed by atoms with E-state index in [1.54, 1.807) is 0 Å². The second-order valence-electron chi connectivity index (χ2n) is 4.86. The minimum Gasteiger partial charge on any atom is -0.397 e. The first-order valence-electron chi connectivity index (χ1n) is 6.05. The number of para-hydroxylation sites is 1. The van der Waals surface area contributed by atoms with Crippen LogP contribution < -0.4 is 10.6 Å². The van der Waals surface area contributed by atoms with Crippen LogP contribution in [0, 0.1) is 0 Å². The van der Waals surface area contributed by atoms with Crippen LogP contribution in [0.5, 0.6) is 0 Å². The van der Waals surface area contributed by atoms with Crippen molar-refractivity contribution < 1.29 is 0 Å². The van der Waals surface area contributed by atoms with Gasteiger partial charge in [-0.05, 0) is 39.1 Å². The summed E-state index contributed by atoms with van der Waals surface area (Å²) in [7, 11) is 4.29. The van der Waals surface area contributed by atoms with Crippen LogP contribution in [0.3, 0.4) is 0 Å². The van der Waals surface area contributed by atoms with E-state index in [1.807, 2.05) is 18.2 Å². The number of benzene rings is 1. The molecule has 17 heavy (non-hydrogen) atoms. The Morgan fingerprint density at radius 1 is 1.29 bits per heavy atom. The molecule has 1 aliphatic rings. The minimum absolute atomic E-state index is 0.676. The van der Waals surface area contributed by atoms with Gasteiger partial charge in [0.2, 0.25) is 0 Å². The fourth-order valence-corrected chi connectivity index (χ4v) is 2.77. The first-order chi connectivity index (χ1) is 8.09. The van der Waals surface area contributed by atoms with Crippen molar-refractivity contribution in [3.8, 4) is 0 Å². The molecule has 1 aromatic rings. The molecule has 1 fully saturated rings. The van der Waals surface area contributed by atoms with Crippen LogP contribution in [0.15, 0.2) is 18.2 Å². The number of hydrogen-bond donors (Lipinski definition) is 1. The Kier molecular flexibility index (Phi) is 3.79. The molecule has 0 spiro atoms. The van der Waals surface area contributed by atoms with Crippen LogP contribution in [-0.2, 0) is 0 Å². The lowest BCUT2D eigenvalue weighted by atomic mass is 10.0. The van der Waals surface area contributed by atoms with Gasteiger partial charge in [-0.15, -0.1) is 0 Å². The zero-order valence-corrected chi connectivity index (χ0v) is 11.2. The summed E-state index contributed by atoms with van der Waals surface area (Å²) >= 11 is 6.23. The minimum atomic E-state index is 0.676. The van der Waals surface area contributed by atoms with Crippen LogP contribution in [0.1, 0.15) is 12.8 Å². The number of halogens is 1. The van der Waals surface area contributed by atoms with Gasteiger partial charge >= 0.3 is 0 Å². The summed E-state index contributed by atoms with van der Waals surface area (Å²) in [6, 6.07) is 6.40. The quantitative estimate of drug-likeness (QED) is 0.822. The Hall–Kier alpha value is -0.930. The summed E-state index contributed by atoms with van der Waals surface area (Å²) < 4.78 is 0. The van der Waals surface area contributed by atoms with Crippen molar-refractivity contribution >= 4 is 23.0 Å². The maximum Gasteiger partial charge on any atom is 0.0789 e. The van der Waals surface area contributed by atoms with E-state index in [0.29, 0.717) is 6.04 Å². The number of rotatable bonds is 2. The molecule has 0 amide bonds. The number of piperidine rings is 1. The molecule has 4 heteroatoms. The molecule has 0 atom stereocenters. The molecule has 0 unspecified atom stereocenters. The molecule has 1 aromatic carbocycles. The van der Waals surface area contributed by atoms with Gasteiger partial charge in [-0.2, -0.15) is 0 Å². The van der Waals surface area contributed by atoms with E-state index in [4.69, 9.17) is 17.3 Å². The molecule has 2 rings (SSSR count). The van der Waals surface area contributed by atoms with Gasteiger partial charge in [-0.1, -0.05) is 17.7 Å². The summed E-state index contributed by atoms with van der Waals surface area (Å²) in [4.78, 5) is 4.60. The Bertz CT molecular complexity index is 364. The Balaban J connectivity index is 2.11. The fraction of sp³-hybridized carbons (Fsp3) is 0.538. The van der Waals surface area contributed by atoms with Crippen molar-refractivity contribution in [3.63, 3.8) is 0 Å². The third-order valence-electron chi connectivity index (χ3n) is 3.53. The maximum atomic E-state index is 6.23. The highest BCUT2D eigenvalue weighted by molar-refractivity contribution is 6.34. The Morgan fingerprint density at radius 3 is 2.47 bits per heavy atom. The summed E-state index contributed by atoms with van der Waals surface area (Å²) in [5.74, 6) is 0. The smallest absolute Gasteiger partial charge is 0.0789 e. The Morgan fingerprint density at radius 2 is 1.94 bits per heavy atom. The van der Waals surface area contributed by atoms with Crippen LogP contribution in [0.4, 0.5) is 11.4 Å². The van der Waals surface area contributed by atoms with Crippen LogP contribution in [-0.4, -0.2) is 38.1 Å². The lowest BCUT2D eigenvalue weighted by Gasteiger charge is -2.37. The first-order valence-corrected chi connectivity index (χ1v) is 6.42. The highest BCUT2D eigenvalue weighted by atomic mass is 35.5. The van der Waals surface area contributed by atoms with E-state index in [0.717, 1.165) is 42.3 Å². The van der Waals surface area contributed by atoms with E-state index < -0.39 is 0 Å². The number of anilines is 2. The molecule has 1 aliphatic heterocycles. The number of nitrogens with zero attached hydrogens (tertiary/aromatic N) is 2. The lowest BCUT2D eigenvalue weighted by molar-refractivity contribution is 0.250. The SMILES string of the molecule is CN(C)C1CCN(c2c(N)cccc2Cl)CC1. The van der Waals surface area contributed by atoms with Gasteiger partial charge in [-0.25, -0.2) is 0 Å². The molecule has 0 aliphatic carbocycles. The second kappa shape index (κ2) is 5.15. The number of hydrogen-bond acceptors (Lipinski definition) is 3. The van der Waals surface area contributed by atoms with Gasteiger partial charge in [-0.3, -0.25) is 0 Å².